The fraction of sp³-hybridized carbons (Fsp3) is 0.636. The number of hydrogen-bond acceptors (Lipinski definition) is 2. The molecule has 1 atom stereocenters. The van der Waals surface area contributed by atoms with Crippen LogP contribution in [0, 0.1) is 5.92 Å². The molecule has 0 amide bonds. The summed E-state index contributed by atoms with van der Waals surface area (Å²) in [7, 11) is 0. The molecule has 84 valence electrons. The van der Waals surface area contributed by atoms with Crippen LogP contribution in [0.2, 0.25) is 4.34 Å². The summed E-state index contributed by atoms with van der Waals surface area (Å²) in [4.78, 5) is 1.06. The van der Waals surface area contributed by atoms with Gasteiger partial charge in [0.25, 0.3) is 0 Å². The number of alkyl halides is 1. The summed E-state index contributed by atoms with van der Waals surface area (Å²) < 4.78 is 14.7. The Morgan fingerprint density at radius 1 is 1.47 bits per heavy atom. The largest absolute Gasteiger partial charge is 0.317 e. The van der Waals surface area contributed by atoms with Gasteiger partial charge in [0.2, 0.25) is 0 Å². The van der Waals surface area contributed by atoms with Gasteiger partial charge < -0.3 is 5.32 Å². The second kappa shape index (κ2) is 5.28. The third-order valence-electron chi connectivity index (χ3n) is 2.92. The normalized spacial score (nSPS) is 20.4. The SMILES string of the molecule is FC(Cc1ccc(Cl)s1)C1CCNCC1. The fourth-order valence-electron chi connectivity index (χ4n) is 2.03. The van der Waals surface area contributed by atoms with Gasteiger partial charge in [0.1, 0.15) is 6.17 Å². The third kappa shape index (κ3) is 3.16. The second-order valence-electron chi connectivity index (χ2n) is 4.01. The molecule has 1 fully saturated rings. The smallest absolute Gasteiger partial charge is 0.108 e. The summed E-state index contributed by atoms with van der Waals surface area (Å²) in [5.41, 5.74) is 0. The van der Waals surface area contributed by atoms with Crippen molar-refractivity contribution in [2.75, 3.05) is 13.1 Å². The van der Waals surface area contributed by atoms with E-state index in [0.29, 0.717) is 6.42 Å². The van der Waals surface area contributed by atoms with Crippen LogP contribution in [0.1, 0.15) is 17.7 Å². The molecule has 15 heavy (non-hydrogen) atoms. The molecule has 2 rings (SSSR count). The minimum atomic E-state index is -0.707. The molecule has 2 heterocycles. The Morgan fingerprint density at radius 2 is 2.20 bits per heavy atom. The Morgan fingerprint density at radius 3 is 2.80 bits per heavy atom. The Hall–Kier alpha value is -0.120. The summed E-state index contributed by atoms with van der Waals surface area (Å²) in [6, 6.07) is 3.78. The molecular formula is C11H15ClFNS. The van der Waals surface area contributed by atoms with E-state index in [1.807, 2.05) is 12.1 Å². The van der Waals surface area contributed by atoms with E-state index < -0.39 is 6.17 Å². The van der Waals surface area contributed by atoms with Crippen LogP contribution in [0.15, 0.2) is 12.1 Å². The van der Waals surface area contributed by atoms with Crippen molar-refractivity contribution in [3.8, 4) is 0 Å². The average molecular weight is 248 g/mol. The molecule has 1 aliphatic heterocycles. The fourth-order valence-corrected chi connectivity index (χ4v) is 3.15. The van der Waals surface area contributed by atoms with Crippen LogP contribution in [-0.2, 0) is 6.42 Å². The molecule has 0 bridgehead atoms. The zero-order chi connectivity index (χ0) is 10.7. The first kappa shape index (κ1) is 11.4. The molecule has 1 nitrogen and oxygen atoms in total. The number of piperidine rings is 1. The highest BCUT2D eigenvalue weighted by Gasteiger charge is 2.23. The maximum absolute atomic E-state index is 13.9. The van der Waals surface area contributed by atoms with Crippen molar-refractivity contribution in [1.82, 2.24) is 5.32 Å². The molecule has 0 aliphatic carbocycles. The summed E-state index contributed by atoms with van der Waals surface area (Å²) in [5, 5.41) is 3.25. The maximum Gasteiger partial charge on any atom is 0.108 e. The lowest BCUT2D eigenvalue weighted by atomic mass is 9.91. The van der Waals surface area contributed by atoms with Gasteiger partial charge >= 0.3 is 0 Å². The standard InChI is InChI=1S/C11H15ClFNS/c12-11-2-1-9(15-11)7-10(13)8-3-5-14-6-4-8/h1-2,8,10,14H,3-7H2. The minimum Gasteiger partial charge on any atom is -0.317 e. The molecule has 4 heteroatoms. The van der Waals surface area contributed by atoms with Gasteiger partial charge in [-0.1, -0.05) is 11.6 Å². The first-order valence-electron chi connectivity index (χ1n) is 5.34. The van der Waals surface area contributed by atoms with E-state index in [4.69, 9.17) is 11.6 Å². The predicted molar refractivity (Wildman–Crippen MR) is 63.5 cm³/mol. The van der Waals surface area contributed by atoms with Crippen LogP contribution >= 0.6 is 22.9 Å². The third-order valence-corrected chi connectivity index (χ3v) is 4.17. The van der Waals surface area contributed by atoms with E-state index in [1.165, 1.54) is 11.3 Å². The molecule has 1 aromatic rings. The van der Waals surface area contributed by atoms with Crippen molar-refractivity contribution in [2.24, 2.45) is 5.92 Å². The Balaban J connectivity index is 1.88. The van der Waals surface area contributed by atoms with Gasteiger partial charge in [0.05, 0.1) is 4.34 Å². The molecule has 0 aromatic carbocycles. The number of thiophene rings is 1. The van der Waals surface area contributed by atoms with Crippen LogP contribution in [0.25, 0.3) is 0 Å². The lowest BCUT2D eigenvalue weighted by Crippen LogP contribution is -2.33. The number of nitrogens with one attached hydrogen (secondary N) is 1. The van der Waals surface area contributed by atoms with Crippen LogP contribution in [0.4, 0.5) is 4.39 Å². The molecule has 1 saturated heterocycles. The van der Waals surface area contributed by atoms with Crippen molar-refractivity contribution in [1.29, 1.82) is 0 Å². The Bertz CT molecular complexity index is 309. The van der Waals surface area contributed by atoms with E-state index in [2.05, 4.69) is 5.32 Å². The number of rotatable bonds is 3. The number of hydrogen-bond donors (Lipinski definition) is 1. The molecule has 1 aliphatic rings. The van der Waals surface area contributed by atoms with Gasteiger partial charge in [-0.2, -0.15) is 0 Å². The highest BCUT2D eigenvalue weighted by molar-refractivity contribution is 7.16. The Labute approximate surface area is 98.6 Å². The second-order valence-corrected chi connectivity index (χ2v) is 5.81. The lowest BCUT2D eigenvalue weighted by molar-refractivity contribution is 0.188. The van der Waals surface area contributed by atoms with E-state index in [9.17, 15) is 4.39 Å². The van der Waals surface area contributed by atoms with E-state index >= 15 is 0 Å². The summed E-state index contributed by atoms with van der Waals surface area (Å²) in [6.07, 6.45) is 1.74. The average Bonchev–Trinajstić information content (AvgIpc) is 2.65. The first-order chi connectivity index (χ1) is 7.25. The molecule has 1 unspecified atom stereocenters. The van der Waals surface area contributed by atoms with Crippen LogP contribution in [0.3, 0.4) is 0 Å². The van der Waals surface area contributed by atoms with Crippen molar-refractivity contribution < 1.29 is 4.39 Å². The van der Waals surface area contributed by atoms with Gasteiger partial charge in [0.15, 0.2) is 0 Å². The zero-order valence-electron chi connectivity index (χ0n) is 8.51. The highest BCUT2D eigenvalue weighted by Crippen LogP contribution is 2.27. The lowest BCUT2D eigenvalue weighted by Gasteiger charge is -2.25. The quantitative estimate of drug-likeness (QED) is 0.865. The molecule has 0 radical (unpaired) electrons. The van der Waals surface area contributed by atoms with Crippen molar-refractivity contribution in [3.63, 3.8) is 0 Å². The zero-order valence-corrected chi connectivity index (χ0v) is 10.1. The monoisotopic (exact) mass is 247 g/mol. The van der Waals surface area contributed by atoms with Gasteiger partial charge in [0, 0.05) is 11.3 Å². The van der Waals surface area contributed by atoms with Gasteiger partial charge in [-0.25, -0.2) is 4.39 Å². The van der Waals surface area contributed by atoms with Gasteiger partial charge in [-0.15, -0.1) is 11.3 Å². The van der Waals surface area contributed by atoms with Crippen LogP contribution < -0.4 is 5.32 Å². The number of halogens is 2. The van der Waals surface area contributed by atoms with E-state index in [0.717, 1.165) is 35.1 Å². The molecule has 1 N–H and O–H groups in total. The highest BCUT2D eigenvalue weighted by atomic mass is 35.5. The predicted octanol–water partition coefficient (Wildman–Crippen LogP) is 3.28. The van der Waals surface area contributed by atoms with Crippen molar-refractivity contribution in [3.05, 3.63) is 21.3 Å². The first-order valence-corrected chi connectivity index (χ1v) is 6.54. The van der Waals surface area contributed by atoms with Gasteiger partial charge in [-0.3, -0.25) is 0 Å². The van der Waals surface area contributed by atoms with Crippen molar-refractivity contribution >= 4 is 22.9 Å². The summed E-state index contributed by atoms with van der Waals surface area (Å²) in [6.45, 7) is 1.91. The van der Waals surface area contributed by atoms with Crippen LogP contribution in [-0.4, -0.2) is 19.3 Å². The van der Waals surface area contributed by atoms with Gasteiger partial charge in [-0.05, 0) is 44.0 Å². The molecular weight excluding hydrogens is 233 g/mol. The molecule has 1 aromatic heterocycles. The van der Waals surface area contributed by atoms with Crippen molar-refractivity contribution in [2.45, 2.75) is 25.4 Å². The molecule has 0 saturated carbocycles. The topological polar surface area (TPSA) is 12.0 Å². The Kier molecular flexibility index (Phi) is 4.00. The van der Waals surface area contributed by atoms with E-state index in [-0.39, 0.29) is 5.92 Å². The summed E-state index contributed by atoms with van der Waals surface area (Å²) in [5.74, 6) is 0.229. The van der Waals surface area contributed by atoms with E-state index in [1.54, 1.807) is 0 Å². The maximum atomic E-state index is 13.9. The molecule has 0 spiro atoms. The minimum absolute atomic E-state index is 0.229. The van der Waals surface area contributed by atoms with Crippen LogP contribution in [0.5, 0.6) is 0 Å². The summed E-state index contributed by atoms with van der Waals surface area (Å²) >= 11 is 7.31.